The minimum absolute atomic E-state index is 0.154. The van der Waals surface area contributed by atoms with Gasteiger partial charge in [0, 0.05) is 24.6 Å². The fraction of sp³-hybridized carbons (Fsp3) is 0.526. The number of benzene rings is 1. The third-order valence-electron chi connectivity index (χ3n) is 5.28. The van der Waals surface area contributed by atoms with Gasteiger partial charge in [0.05, 0.1) is 6.54 Å². The molecule has 0 bridgehead atoms. The second kappa shape index (κ2) is 7.53. The fourth-order valence-electron chi connectivity index (χ4n) is 3.76. The Labute approximate surface area is 152 Å². The lowest BCUT2D eigenvalue weighted by atomic mass is 9.95. The summed E-state index contributed by atoms with van der Waals surface area (Å²) in [4.78, 5) is 21.2. The molecule has 0 spiro atoms. The van der Waals surface area contributed by atoms with Crippen molar-refractivity contribution < 1.29 is 13.7 Å². The summed E-state index contributed by atoms with van der Waals surface area (Å²) in [6.45, 7) is 4.15. The van der Waals surface area contributed by atoms with Crippen LogP contribution in [0, 0.1) is 11.7 Å². The number of hydrogen-bond acceptors (Lipinski definition) is 5. The number of carbonyl (C=O) groups is 1. The molecular weight excluding hydrogens is 335 g/mol. The van der Waals surface area contributed by atoms with E-state index >= 15 is 0 Å². The summed E-state index contributed by atoms with van der Waals surface area (Å²) in [6.07, 6.45) is 4.04. The molecule has 3 heterocycles. The number of piperidine rings is 1. The molecule has 0 saturated carbocycles. The second-order valence-corrected chi connectivity index (χ2v) is 7.10. The second-order valence-electron chi connectivity index (χ2n) is 7.10. The molecular formula is C19H23FN4O2. The highest BCUT2D eigenvalue weighted by Crippen LogP contribution is 2.23. The van der Waals surface area contributed by atoms with Crippen molar-refractivity contribution in [2.45, 2.75) is 32.2 Å². The summed E-state index contributed by atoms with van der Waals surface area (Å²) >= 11 is 0. The van der Waals surface area contributed by atoms with Crippen molar-refractivity contribution in [1.82, 2.24) is 19.9 Å². The molecule has 0 atom stereocenters. The zero-order valence-electron chi connectivity index (χ0n) is 14.7. The molecule has 0 N–H and O–H groups in total. The molecule has 0 radical (unpaired) electrons. The SMILES string of the molecule is O=C(C1CCN(Cc2nc(-c3ccc(F)cc3)no2)CC1)N1CCCC1. The monoisotopic (exact) mass is 358 g/mol. The Morgan fingerprint density at radius 2 is 1.81 bits per heavy atom. The zero-order valence-corrected chi connectivity index (χ0v) is 14.7. The average molecular weight is 358 g/mol. The van der Waals surface area contributed by atoms with Crippen LogP contribution in [0.2, 0.25) is 0 Å². The third kappa shape index (κ3) is 3.77. The van der Waals surface area contributed by atoms with Gasteiger partial charge in [0.15, 0.2) is 0 Å². The zero-order chi connectivity index (χ0) is 17.9. The normalized spacial score (nSPS) is 19.2. The molecule has 0 aliphatic carbocycles. The number of rotatable bonds is 4. The van der Waals surface area contributed by atoms with E-state index in [0.717, 1.165) is 57.4 Å². The van der Waals surface area contributed by atoms with Crippen molar-refractivity contribution in [3.63, 3.8) is 0 Å². The topological polar surface area (TPSA) is 62.5 Å². The largest absolute Gasteiger partial charge is 0.342 e. The molecule has 26 heavy (non-hydrogen) atoms. The van der Waals surface area contributed by atoms with Gasteiger partial charge < -0.3 is 9.42 Å². The lowest BCUT2D eigenvalue weighted by Gasteiger charge is -2.32. The van der Waals surface area contributed by atoms with Crippen molar-refractivity contribution in [2.24, 2.45) is 5.92 Å². The number of aromatic nitrogens is 2. The van der Waals surface area contributed by atoms with Crippen molar-refractivity contribution in [1.29, 1.82) is 0 Å². The molecule has 2 fully saturated rings. The van der Waals surface area contributed by atoms with E-state index in [1.807, 2.05) is 4.90 Å². The highest BCUT2D eigenvalue weighted by Gasteiger charge is 2.30. The summed E-state index contributed by atoms with van der Waals surface area (Å²) in [7, 11) is 0. The Bertz CT molecular complexity index is 747. The third-order valence-corrected chi connectivity index (χ3v) is 5.28. The van der Waals surface area contributed by atoms with Crippen molar-refractivity contribution in [2.75, 3.05) is 26.2 Å². The minimum atomic E-state index is -0.288. The lowest BCUT2D eigenvalue weighted by molar-refractivity contribution is -0.136. The first-order chi connectivity index (χ1) is 12.7. The highest BCUT2D eigenvalue weighted by atomic mass is 19.1. The van der Waals surface area contributed by atoms with Gasteiger partial charge in [-0.25, -0.2) is 4.39 Å². The first kappa shape index (κ1) is 17.1. The Kier molecular flexibility index (Phi) is 4.97. The van der Waals surface area contributed by atoms with E-state index in [1.165, 1.54) is 12.1 Å². The maximum absolute atomic E-state index is 13.0. The quantitative estimate of drug-likeness (QED) is 0.841. The van der Waals surface area contributed by atoms with Crippen LogP contribution in [0.4, 0.5) is 4.39 Å². The standard InChI is InChI=1S/C19H23FN4O2/c20-16-5-3-14(4-6-16)18-21-17(26-22-18)13-23-11-7-15(8-12-23)19(25)24-9-1-2-10-24/h3-6,15H,1-2,7-13H2. The van der Waals surface area contributed by atoms with Gasteiger partial charge in [-0.1, -0.05) is 5.16 Å². The average Bonchev–Trinajstić information content (AvgIpc) is 3.35. The Balaban J connectivity index is 1.30. The van der Waals surface area contributed by atoms with Crippen molar-refractivity contribution in [3.8, 4) is 11.4 Å². The molecule has 4 rings (SSSR count). The van der Waals surface area contributed by atoms with Crippen LogP contribution < -0.4 is 0 Å². The maximum atomic E-state index is 13.0. The number of nitrogens with zero attached hydrogens (tertiary/aromatic N) is 4. The molecule has 138 valence electrons. The van der Waals surface area contributed by atoms with E-state index < -0.39 is 0 Å². The van der Waals surface area contributed by atoms with Crippen LogP contribution in [0.25, 0.3) is 11.4 Å². The maximum Gasteiger partial charge on any atom is 0.241 e. The van der Waals surface area contributed by atoms with Crippen LogP contribution >= 0.6 is 0 Å². The summed E-state index contributed by atoms with van der Waals surface area (Å²) in [5.74, 6) is 1.22. The molecule has 1 amide bonds. The predicted molar refractivity (Wildman–Crippen MR) is 93.5 cm³/mol. The van der Waals surface area contributed by atoms with Crippen LogP contribution in [-0.2, 0) is 11.3 Å². The van der Waals surface area contributed by atoms with Crippen LogP contribution in [0.3, 0.4) is 0 Å². The van der Waals surface area contributed by atoms with Crippen LogP contribution in [-0.4, -0.2) is 52.0 Å². The number of amides is 1. The van der Waals surface area contributed by atoms with Crippen LogP contribution in [0.1, 0.15) is 31.6 Å². The van der Waals surface area contributed by atoms with E-state index in [2.05, 4.69) is 15.0 Å². The molecule has 7 heteroatoms. The first-order valence-electron chi connectivity index (χ1n) is 9.29. The molecule has 2 saturated heterocycles. The van der Waals surface area contributed by atoms with E-state index in [-0.39, 0.29) is 11.7 Å². The van der Waals surface area contributed by atoms with E-state index in [4.69, 9.17) is 4.52 Å². The molecule has 2 aliphatic heterocycles. The fourth-order valence-corrected chi connectivity index (χ4v) is 3.76. The number of carbonyl (C=O) groups excluding carboxylic acids is 1. The lowest BCUT2D eigenvalue weighted by Crippen LogP contribution is -2.41. The molecule has 1 aromatic heterocycles. The van der Waals surface area contributed by atoms with E-state index in [0.29, 0.717) is 24.2 Å². The molecule has 1 aromatic carbocycles. The van der Waals surface area contributed by atoms with Crippen LogP contribution in [0.15, 0.2) is 28.8 Å². The number of halogens is 1. The molecule has 6 nitrogen and oxygen atoms in total. The van der Waals surface area contributed by atoms with E-state index in [9.17, 15) is 9.18 Å². The molecule has 0 unspecified atom stereocenters. The van der Waals surface area contributed by atoms with Gasteiger partial charge in [-0.3, -0.25) is 9.69 Å². The van der Waals surface area contributed by atoms with Gasteiger partial charge in [-0.05, 0) is 63.0 Å². The van der Waals surface area contributed by atoms with Gasteiger partial charge in [-0.2, -0.15) is 4.98 Å². The summed E-state index contributed by atoms with van der Waals surface area (Å²) in [6, 6.07) is 6.04. The summed E-state index contributed by atoms with van der Waals surface area (Å²) < 4.78 is 18.3. The van der Waals surface area contributed by atoms with Gasteiger partial charge in [0.2, 0.25) is 17.6 Å². The summed E-state index contributed by atoms with van der Waals surface area (Å²) in [5.41, 5.74) is 0.733. The van der Waals surface area contributed by atoms with Gasteiger partial charge in [0.1, 0.15) is 5.82 Å². The van der Waals surface area contributed by atoms with E-state index in [1.54, 1.807) is 12.1 Å². The predicted octanol–water partition coefficient (Wildman–Crippen LogP) is 2.71. The number of likely N-dealkylation sites (tertiary alicyclic amines) is 2. The minimum Gasteiger partial charge on any atom is -0.342 e. The summed E-state index contributed by atoms with van der Waals surface area (Å²) in [5, 5.41) is 3.98. The Hall–Kier alpha value is -2.28. The Morgan fingerprint density at radius 1 is 1.12 bits per heavy atom. The Morgan fingerprint density at radius 3 is 2.50 bits per heavy atom. The van der Waals surface area contributed by atoms with Crippen LogP contribution in [0.5, 0.6) is 0 Å². The first-order valence-corrected chi connectivity index (χ1v) is 9.29. The molecule has 2 aromatic rings. The van der Waals surface area contributed by atoms with Crippen molar-refractivity contribution >= 4 is 5.91 Å². The van der Waals surface area contributed by atoms with Gasteiger partial charge >= 0.3 is 0 Å². The van der Waals surface area contributed by atoms with Gasteiger partial charge in [0.25, 0.3) is 0 Å². The highest BCUT2D eigenvalue weighted by molar-refractivity contribution is 5.79. The number of hydrogen-bond donors (Lipinski definition) is 0. The van der Waals surface area contributed by atoms with Crippen molar-refractivity contribution in [3.05, 3.63) is 36.0 Å². The smallest absolute Gasteiger partial charge is 0.241 e. The van der Waals surface area contributed by atoms with Gasteiger partial charge in [-0.15, -0.1) is 0 Å². The molecule has 2 aliphatic rings.